The van der Waals surface area contributed by atoms with Crippen molar-refractivity contribution in [2.75, 3.05) is 0 Å². The summed E-state index contributed by atoms with van der Waals surface area (Å²) in [5.74, 6) is 3.64. The van der Waals surface area contributed by atoms with E-state index < -0.39 is 13.5 Å². The fourth-order valence-electron chi connectivity index (χ4n) is 9.50. The molecule has 0 saturated carbocycles. The normalized spacial score (nSPS) is 23.2. The molecule has 1 heterocycles. The third-order valence-electron chi connectivity index (χ3n) is 12.7. The van der Waals surface area contributed by atoms with Crippen LogP contribution in [0.2, 0.25) is 19.6 Å². The molecular weight excluding hydrogens is 629 g/mol. The molecule has 0 unspecified atom stereocenters. The van der Waals surface area contributed by atoms with Crippen molar-refractivity contribution < 1.29 is 14.3 Å². The van der Waals surface area contributed by atoms with Gasteiger partial charge in [0.25, 0.3) is 0 Å². The lowest BCUT2D eigenvalue weighted by atomic mass is 9.62. The van der Waals surface area contributed by atoms with Crippen molar-refractivity contribution in [2.24, 2.45) is 17.8 Å². The Morgan fingerprint density at radius 2 is 1.36 bits per heavy atom. The van der Waals surface area contributed by atoms with E-state index in [2.05, 4.69) is 87.2 Å². The number of carbonyl (C=O) groups excluding carboxylic acids is 2. The summed E-state index contributed by atoms with van der Waals surface area (Å²) in [6.07, 6.45) is 13.3. The first-order valence-corrected chi connectivity index (χ1v) is 23.4. The molecule has 0 N–H and O–H groups in total. The van der Waals surface area contributed by atoms with Crippen molar-refractivity contribution in [3.63, 3.8) is 0 Å². The lowest BCUT2D eigenvalue weighted by Crippen LogP contribution is -2.48. The fraction of sp³-hybridized carbons (Fsp3) is 0.609. The van der Waals surface area contributed by atoms with Crippen molar-refractivity contribution in [2.45, 2.75) is 164 Å². The maximum absolute atomic E-state index is 14.6. The maximum Gasteiger partial charge on any atom is 0.194 e. The summed E-state index contributed by atoms with van der Waals surface area (Å²) in [7, 11) is -2.00. The van der Waals surface area contributed by atoms with Gasteiger partial charge < -0.3 is 4.74 Å². The molecule has 2 aliphatic carbocycles. The molecule has 0 radical (unpaired) electrons. The zero-order valence-electron chi connectivity index (χ0n) is 33.6. The Balaban J connectivity index is 1.38. The van der Waals surface area contributed by atoms with Crippen LogP contribution in [0.1, 0.15) is 153 Å². The molecule has 272 valence electrons. The zero-order chi connectivity index (χ0) is 36.8. The minimum atomic E-state index is -2.00. The average molecular weight is 695 g/mol. The molecule has 50 heavy (non-hydrogen) atoms. The SMILES string of the molecule is CC1=C(C)C2=C(CC[C@@](C)(CCC[C@H](C)CCC[C@H](C)CCCC(C)C)O2)[C@](C)(c2cc3c(c([Si](C)(C)C)c2C)C(=O)c2ccccc2-3)C1=O. The Hall–Kier alpha value is -2.72. The van der Waals surface area contributed by atoms with E-state index >= 15 is 0 Å². The summed E-state index contributed by atoms with van der Waals surface area (Å²) in [5, 5.41) is 1.20. The molecule has 1 aliphatic heterocycles. The van der Waals surface area contributed by atoms with E-state index in [4.69, 9.17) is 4.74 Å². The van der Waals surface area contributed by atoms with Crippen LogP contribution in [0.15, 0.2) is 52.8 Å². The van der Waals surface area contributed by atoms with Gasteiger partial charge in [0.1, 0.15) is 11.4 Å². The second-order valence-electron chi connectivity index (χ2n) is 18.4. The minimum absolute atomic E-state index is 0.132. The molecule has 0 fully saturated rings. The van der Waals surface area contributed by atoms with Gasteiger partial charge >= 0.3 is 0 Å². The zero-order valence-corrected chi connectivity index (χ0v) is 34.6. The molecule has 3 nitrogen and oxygen atoms in total. The van der Waals surface area contributed by atoms with Crippen LogP contribution < -0.4 is 5.19 Å². The van der Waals surface area contributed by atoms with Crippen LogP contribution in [-0.2, 0) is 14.9 Å². The number of hydrogen-bond acceptors (Lipinski definition) is 3. The van der Waals surface area contributed by atoms with Gasteiger partial charge in [0.15, 0.2) is 11.6 Å². The predicted octanol–water partition coefficient (Wildman–Crippen LogP) is 12.2. The van der Waals surface area contributed by atoms with E-state index in [1.165, 1.54) is 56.6 Å². The van der Waals surface area contributed by atoms with Gasteiger partial charge in [-0.05, 0) is 128 Å². The van der Waals surface area contributed by atoms with Gasteiger partial charge in [-0.2, -0.15) is 0 Å². The molecule has 3 aliphatic rings. The predicted molar refractivity (Wildman–Crippen MR) is 214 cm³/mol. The Kier molecular flexibility index (Phi) is 11.3. The first-order chi connectivity index (χ1) is 23.4. The quantitative estimate of drug-likeness (QED) is 0.158. The Morgan fingerprint density at radius 3 is 1.96 bits per heavy atom. The maximum atomic E-state index is 14.6. The molecule has 2 aromatic rings. The molecule has 4 heteroatoms. The topological polar surface area (TPSA) is 43.4 Å². The highest BCUT2D eigenvalue weighted by Gasteiger charge is 2.51. The lowest BCUT2D eigenvalue weighted by molar-refractivity contribution is -0.120. The Labute approximate surface area is 305 Å². The monoisotopic (exact) mass is 694 g/mol. The summed E-state index contributed by atoms with van der Waals surface area (Å²) in [6, 6.07) is 10.2. The summed E-state index contributed by atoms with van der Waals surface area (Å²) < 4.78 is 7.10. The van der Waals surface area contributed by atoms with E-state index in [0.717, 1.165) is 92.9 Å². The number of fused-ring (bicyclic) bond motifs is 3. The van der Waals surface area contributed by atoms with E-state index in [9.17, 15) is 9.59 Å². The Morgan fingerprint density at radius 1 is 0.780 bits per heavy atom. The molecular formula is C46H66O3Si. The van der Waals surface area contributed by atoms with Gasteiger partial charge in [0, 0.05) is 11.1 Å². The fourth-order valence-corrected chi connectivity index (χ4v) is 11.8. The number of ketones is 2. The number of carbonyl (C=O) groups is 2. The summed E-state index contributed by atoms with van der Waals surface area (Å²) >= 11 is 0. The van der Waals surface area contributed by atoms with Crippen molar-refractivity contribution in [1.29, 1.82) is 0 Å². The highest BCUT2D eigenvalue weighted by Crippen LogP contribution is 2.52. The molecule has 5 rings (SSSR count). The van der Waals surface area contributed by atoms with Crippen molar-refractivity contribution in [1.82, 2.24) is 0 Å². The van der Waals surface area contributed by atoms with Gasteiger partial charge in [0.05, 0.1) is 13.5 Å². The van der Waals surface area contributed by atoms with E-state index in [-0.39, 0.29) is 17.2 Å². The van der Waals surface area contributed by atoms with Gasteiger partial charge in [-0.15, -0.1) is 0 Å². The van der Waals surface area contributed by atoms with Crippen LogP contribution in [0.3, 0.4) is 0 Å². The Bertz CT molecular complexity index is 1700. The van der Waals surface area contributed by atoms with E-state index in [1.807, 2.05) is 25.1 Å². The van der Waals surface area contributed by atoms with Gasteiger partial charge in [-0.3, -0.25) is 9.59 Å². The third-order valence-corrected chi connectivity index (χ3v) is 14.8. The van der Waals surface area contributed by atoms with Crippen LogP contribution in [0.4, 0.5) is 0 Å². The molecule has 4 atom stereocenters. The van der Waals surface area contributed by atoms with Crippen LogP contribution in [-0.4, -0.2) is 25.2 Å². The lowest BCUT2D eigenvalue weighted by Gasteiger charge is -2.46. The smallest absolute Gasteiger partial charge is 0.194 e. The molecule has 0 amide bonds. The molecule has 0 aromatic heterocycles. The number of hydrogen-bond donors (Lipinski definition) is 0. The second kappa shape index (κ2) is 14.7. The standard InChI is InChI=1S/C46H66O3Si/c1-29(2)18-15-19-30(3)20-16-21-31(4)22-17-26-45(8)27-25-38-42(49-45)32(5)33(6)44(48)46(38,9)39-28-37-35-23-13-14-24-36(35)41(47)40(37)43(34(39)7)50(10,11)12/h13-14,23-24,28-31H,15-22,25-27H2,1-12H3/t30-,31-,45-,46-/m1/s1. The second-order valence-corrected chi connectivity index (χ2v) is 23.4. The van der Waals surface area contributed by atoms with Crippen molar-refractivity contribution in [3.05, 3.63) is 75.1 Å². The van der Waals surface area contributed by atoms with Crippen molar-refractivity contribution in [3.8, 4) is 11.1 Å². The number of Topliss-reactive ketones (excluding diaryl/α,β-unsaturated/α-hetero) is 1. The molecule has 0 spiro atoms. The van der Waals surface area contributed by atoms with Gasteiger partial charge in [-0.1, -0.05) is 117 Å². The molecule has 0 saturated heterocycles. The van der Waals surface area contributed by atoms with Crippen LogP contribution in [0, 0.1) is 24.7 Å². The molecule has 0 bridgehead atoms. The first kappa shape index (κ1) is 38.5. The largest absolute Gasteiger partial charge is 0.487 e. The third kappa shape index (κ3) is 7.30. The van der Waals surface area contributed by atoms with Crippen LogP contribution in [0.25, 0.3) is 11.1 Å². The number of allylic oxidation sites excluding steroid dienone is 3. The summed E-state index contributed by atoms with van der Waals surface area (Å²) in [5.41, 5.74) is 7.66. The van der Waals surface area contributed by atoms with Gasteiger partial charge in [0.2, 0.25) is 0 Å². The highest BCUT2D eigenvalue weighted by atomic mass is 28.3. The van der Waals surface area contributed by atoms with E-state index in [1.54, 1.807) is 0 Å². The number of benzene rings is 2. The summed E-state index contributed by atoms with van der Waals surface area (Å²) in [4.78, 5) is 28.6. The van der Waals surface area contributed by atoms with E-state index in [0.29, 0.717) is 0 Å². The van der Waals surface area contributed by atoms with Crippen LogP contribution in [0.5, 0.6) is 0 Å². The van der Waals surface area contributed by atoms with Crippen molar-refractivity contribution >= 4 is 24.8 Å². The van der Waals surface area contributed by atoms with Crippen LogP contribution >= 0.6 is 0 Å². The van der Waals surface area contributed by atoms with Gasteiger partial charge in [-0.25, -0.2) is 0 Å². The minimum Gasteiger partial charge on any atom is -0.487 e. The molecule has 2 aromatic carbocycles. The highest BCUT2D eigenvalue weighted by molar-refractivity contribution is 6.90. The number of ether oxygens (including phenoxy) is 1. The average Bonchev–Trinajstić information content (AvgIpc) is 3.32. The number of rotatable bonds is 14. The first-order valence-electron chi connectivity index (χ1n) is 19.9. The summed E-state index contributed by atoms with van der Waals surface area (Å²) in [6.45, 7) is 27.2.